The van der Waals surface area contributed by atoms with E-state index in [1.54, 1.807) is 55.6 Å². The molecule has 3 rings (SSSR count). The molecule has 0 unspecified atom stereocenters. The second-order valence-electron chi connectivity index (χ2n) is 5.90. The molecule has 28 heavy (non-hydrogen) atoms. The molecule has 3 aromatic carbocycles. The highest BCUT2D eigenvalue weighted by Gasteiger charge is 2.12. The lowest BCUT2D eigenvalue weighted by atomic mass is 10.1. The van der Waals surface area contributed by atoms with Gasteiger partial charge < -0.3 is 10.1 Å². The second kappa shape index (κ2) is 9.19. The molecule has 3 aromatic rings. The number of amides is 1. The van der Waals surface area contributed by atoms with Crippen LogP contribution >= 0.6 is 11.8 Å². The highest BCUT2D eigenvalue weighted by atomic mass is 32.2. The molecule has 0 aromatic heterocycles. The highest BCUT2D eigenvalue weighted by molar-refractivity contribution is 8.00. The molecule has 6 heteroatoms. The number of hydrogen-bond donors (Lipinski definition) is 1. The first-order chi connectivity index (χ1) is 13.6. The average molecular weight is 395 g/mol. The summed E-state index contributed by atoms with van der Waals surface area (Å²) in [5.74, 6) is -0.141. The Kier molecular flexibility index (Phi) is 6.45. The van der Waals surface area contributed by atoms with Gasteiger partial charge in [-0.1, -0.05) is 18.2 Å². The molecule has 4 nitrogen and oxygen atoms in total. The number of nitrogens with one attached hydrogen (secondary N) is 1. The molecule has 1 N–H and O–H groups in total. The Morgan fingerprint density at radius 3 is 2.46 bits per heavy atom. The fraction of sp³-hybridized carbons (Fsp3) is 0.0909. The predicted octanol–water partition coefficient (Wildman–Crippen LogP) is 5.06. The Morgan fingerprint density at radius 2 is 1.75 bits per heavy atom. The van der Waals surface area contributed by atoms with Gasteiger partial charge in [-0.3, -0.25) is 9.59 Å². The number of ketones is 1. The van der Waals surface area contributed by atoms with E-state index in [9.17, 15) is 14.0 Å². The fourth-order valence-corrected chi connectivity index (χ4v) is 3.37. The maximum absolute atomic E-state index is 13.7. The topological polar surface area (TPSA) is 55.4 Å². The summed E-state index contributed by atoms with van der Waals surface area (Å²) in [7, 11) is 1.57. The van der Waals surface area contributed by atoms with Crippen LogP contribution in [0.2, 0.25) is 0 Å². The number of hydrogen-bond acceptors (Lipinski definition) is 4. The Balaban J connectivity index is 1.62. The zero-order valence-corrected chi connectivity index (χ0v) is 16.0. The molecule has 0 saturated heterocycles. The van der Waals surface area contributed by atoms with Gasteiger partial charge in [0.1, 0.15) is 11.6 Å². The van der Waals surface area contributed by atoms with Crippen molar-refractivity contribution >= 4 is 29.1 Å². The summed E-state index contributed by atoms with van der Waals surface area (Å²) in [6.07, 6.45) is 0. The number of halogens is 1. The van der Waals surface area contributed by atoms with Gasteiger partial charge in [0.2, 0.25) is 0 Å². The standard InChI is InChI=1S/C22H18FNO3S/c1-27-17-11-9-15(10-12-17)21(25)14-28-18-6-4-5-16(13-18)24-22(26)19-7-2-3-8-20(19)23/h2-13H,14H2,1H3,(H,24,26). The Labute approximate surface area is 166 Å². The van der Waals surface area contributed by atoms with Crippen LogP contribution in [0.1, 0.15) is 20.7 Å². The molecule has 0 atom stereocenters. The van der Waals surface area contributed by atoms with Gasteiger partial charge in [0.05, 0.1) is 18.4 Å². The zero-order chi connectivity index (χ0) is 19.9. The van der Waals surface area contributed by atoms with Crippen LogP contribution in [0.15, 0.2) is 77.7 Å². The SMILES string of the molecule is COc1ccc(C(=O)CSc2cccc(NC(=O)c3ccccc3F)c2)cc1. The highest BCUT2D eigenvalue weighted by Crippen LogP contribution is 2.24. The second-order valence-corrected chi connectivity index (χ2v) is 6.95. The summed E-state index contributed by atoms with van der Waals surface area (Å²) < 4.78 is 18.8. The number of carbonyl (C=O) groups is 2. The molecule has 0 bridgehead atoms. The molecular weight excluding hydrogens is 377 g/mol. The van der Waals surface area contributed by atoms with Crippen molar-refractivity contribution in [3.8, 4) is 5.75 Å². The minimum Gasteiger partial charge on any atom is -0.497 e. The third-order valence-corrected chi connectivity index (χ3v) is 4.99. The molecule has 142 valence electrons. The van der Waals surface area contributed by atoms with Crippen LogP contribution in [-0.4, -0.2) is 24.6 Å². The lowest BCUT2D eigenvalue weighted by Crippen LogP contribution is -2.13. The normalized spacial score (nSPS) is 10.4. The van der Waals surface area contributed by atoms with Gasteiger partial charge >= 0.3 is 0 Å². The van der Waals surface area contributed by atoms with Gasteiger partial charge in [-0.25, -0.2) is 4.39 Å². The van der Waals surface area contributed by atoms with Gasteiger partial charge in [-0.15, -0.1) is 11.8 Å². The lowest BCUT2D eigenvalue weighted by molar-refractivity contribution is 0.101. The van der Waals surface area contributed by atoms with Crippen molar-refractivity contribution in [2.24, 2.45) is 0 Å². The van der Waals surface area contributed by atoms with Crippen molar-refractivity contribution in [3.05, 3.63) is 89.7 Å². The van der Waals surface area contributed by atoms with Gasteiger partial charge in [-0.05, 0) is 54.6 Å². The quantitative estimate of drug-likeness (QED) is 0.449. The summed E-state index contributed by atoms with van der Waals surface area (Å²) >= 11 is 1.37. The van der Waals surface area contributed by atoms with E-state index in [0.717, 1.165) is 4.90 Å². The van der Waals surface area contributed by atoms with E-state index in [1.807, 2.05) is 6.07 Å². The minimum absolute atomic E-state index is 0.00607. The summed E-state index contributed by atoms with van der Waals surface area (Å²) in [5.41, 5.74) is 1.13. The van der Waals surface area contributed by atoms with Crippen molar-refractivity contribution < 1.29 is 18.7 Å². The molecule has 0 aliphatic rings. The summed E-state index contributed by atoms with van der Waals surface area (Å²) in [5, 5.41) is 2.68. The number of thioether (sulfide) groups is 1. The van der Waals surface area contributed by atoms with E-state index in [2.05, 4.69) is 5.32 Å². The first kappa shape index (κ1) is 19.6. The van der Waals surface area contributed by atoms with Gasteiger partial charge in [0, 0.05) is 16.1 Å². The molecule has 0 aliphatic heterocycles. The third kappa shape index (κ3) is 4.98. The number of rotatable bonds is 7. The third-order valence-electron chi connectivity index (χ3n) is 3.99. The molecular formula is C22H18FNO3S. The van der Waals surface area contributed by atoms with Gasteiger partial charge in [-0.2, -0.15) is 0 Å². The van der Waals surface area contributed by atoms with Crippen molar-refractivity contribution in [3.63, 3.8) is 0 Å². The maximum Gasteiger partial charge on any atom is 0.258 e. The van der Waals surface area contributed by atoms with Crippen LogP contribution in [0.3, 0.4) is 0 Å². The number of anilines is 1. The summed E-state index contributed by atoms with van der Waals surface area (Å²) in [6, 6.07) is 19.9. The Morgan fingerprint density at radius 1 is 1.00 bits per heavy atom. The van der Waals surface area contributed by atoms with E-state index in [1.165, 1.54) is 30.0 Å². The molecule has 1 amide bonds. The zero-order valence-electron chi connectivity index (χ0n) is 15.1. The van der Waals surface area contributed by atoms with Crippen molar-refractivity contribution in [2.45, 2.75) is 4.90 Å². The molecule has 0 fully saturated rings. The van der Waals surface area contributed by atoms with Crippen LogP contribution in [-0.2, 0) is 0 Å². The first-order valence-electron chi connectivity index (χ1n) is 8.53. The van der Waals surface area contributed by atoms with E-state index in [0.29, 0.717) is 17.0 Å². The van der Waals surface area contributed by atoms with Crippen LogP contribution in [0.25, 0.3) is 0 Å². The number of carbonyl (C=O) groups excluding carboxylic acids is 2. The molecule has 0 radical (unpaired) electrons. The summed E-state index contributed by atoms with van der Waals surface area (Å²) in [6.45, 7) is 0. The van der Waals surface area contributed by atoms with Crippen molar-refractivity contribution in [2.75, 3.05) is 18.2 Å². The number of methoxy groups -OCH3 is 1. The molecule has 0 heterocycles. The maximum atomic E-state index is 13.7. The van der Waals surface area contributed by atoms with Gasteiger partial charge in [0.25, 0.3) is 5.91 Å². The minimum atomic E-state index is -0.574. The number of benzene rings is 3. The molecule has 0 spiro atoms. The van der Waals surface area contributed by atoms with E-state index >= 15 is 0 Å². The Hall–Kier alpha value is -3.12. The average Bonchev–Trinajstić information content (AvgIpc) is 2.72. The van der Waals surface area contributed by atoms with Gasteiger partial charge in [0.15, 0.2) is 5.78 Å². The smallest absolute Gasteiger partial charge is 0.258 e. The summed E-state index contributed by atoms with van der Waals surface area (Å²) in [4.78, 5) is 25.4. The first-order valence-corrected chi connectivity index (χ1v) is 9.51. The fourth-order valence-electron chi connectivity index (χ4n) is 2.52. The monoisotopic (exact) mass is 395 g/mol. The number of ether oxygens (including phenoxy) is 1. The van der Waals surface area contributed by atoms with Crippen LogP contribution in [0, 0.1) is 5.82 Å². The van der Waals surface area contributed by atoms with E-state index in [4.69, 9.17) is 4.74 Å². The Bertz CT molecular complexity index is 989. The molecule has 0 aliphatic carbocycles. The van der Waals surface area contributed by atoms with Crippen molar-refractivity contribution in [1.29, 1.82) is 0 Å². The van der Waals surface area contributed by atoms with E-state index < -0.39 is 11.7 Å². The van der Waals surface area contributed by atoms with Crippen LogP contribution in [0.5, 0.6) is 5.75 Å². The predicted molar refractivity (Wildman–Crippen MR) is 109 cm³/mol. The largest absolute Gasteiger partial charge is 0.497 e. The van der Waals surface area contributed by atoms with E-state index in [-0.39, 0.29) is 17.1 Å². The lowest BCUT2D eigenvalue weighted by Gasteiger charge is -2.08. The van der Waals surface area contributed by atoms with Crippen molar-refractivity contribution in [1.82, 2.24) is 0 Å². The van der Waals surface area contributed by atoms with Crippen LogP contribution < -0.4 is 10.1 Å². The number of Topliss-reactive ketones (excluding diaryl/α,β-unsaturated/α-hetero) is 1. The van der Waals surface area contributed by atoms with Crippen LogP contribution in [0.4, 0.5) is 10.1 Å². The molecule has 0 saturated carbocycles.